The fourth-order valence-electron chi connectivity index (χ4n) is 1.75. The molecule has 2 rings (SSSR count). The molecule has 0 aliphatic heterocycles. The molecule has 2 nitrogen and oxygen atoms in total. The van der Waals surface area contributed by atoms with Crippen LogP contribution in [0.3, 0.4) is 0 Å². The molecule has 0 saturated heterocycles. The van der Waals surface area contributed by atoms with Gasteiger partial charge in [-0.15, -0.1) is 0 Å². The van der Waals surface area contributed by atoms with Crippen molar-refractivity contribution in [2.45, 2.75) is 25.3 Å². The highest BCUT2D eigenvalue weighted by atomic mass is 19.3. The molecule has 0 spiro atoms. The Hall–Kier alpha value is -1.16. The summed E-state index contributed by atoms with van der Waals surface area (Å²) >= 11 is 0. The van der Waals surface area contributed by atoms with Crippen molar-refractivity contribution in [2.24, 2.45) is 11.7 Å². The normalized spacial score (nSPS) is 17.5. The van der Waals surface area contributed by atoms with Gasteiger partial charge in [-0.3, -0.25) is 0 Å². The van der Waals surface area contributed by atoms with Crippen molar-refractivity contribution in [3.8, 4) is 5.75 Å². The highest BCUT2D eigenvalue weighted by Crippen LogP contribution is 2.41. The lowest BCUT2D eigenvalue weighted by Gasteiger charge is -2.16. The number of halogens is 2. The number of alkyl halides is 2. The molecule has 1 aliphatic carbocycles. The maximum absolute atomic E-state index is 12.1. The van der Waals surface area contributed by atoms with Gasteiger partial charge in [0.1, 0.15) is 12.4 Å². The monoisotopic (exact) mass is 227 g/mol. The summed E-state index contributed by atoms with van der Waals surface area (Å²) in [5.74, 6) is 0.971. The molecule has 0 aromatic heterocycles. The molecule has 0 heterocycles. The van der Waals surface area contributed by atoms with Crippen LogP contribution in [0.4, 0.5) is 8.78 Å². The van der Waals surface area contributed by atoms with E-state index in [1.165, 1.54) is 0 Å². The second-order valence-electron chi connectivity index (χ2n) is 4.10. The first-order valence-electron chi connectivity index (χ1n) is 5.44. The summed E-state index contributed by atoms with van der Waals surface area (Å²) in [6, 6.07) is 7.08. The van der Waals surface area contributed by atoms with Gasteiger partial charge in [-0.2, -0.15) is 0 Å². The van der Waals surface area contributed by atoms with Gasteiger partial charge < -0.3 is 10.5 Å². The first kappa shape index (κ1) is 11.3. The number of rotatable bonds is 5. The predicted molar refractivity (Wildman–Crippen MR) is 57.6 cm³/mol. The van der Waals surface area contributed by atoms with E-state index >= 15 is 0 Å². The SMILES string of the molecule is NC(c1ccccc1OCC(F)F)C1CC1. The van der Waals surface area contributed by atoms with E-state index in [1.807, 2.05) is 12.1 Å². The van der Waals surface area contributed by atoms with Crippen molar-refractivity contribution in [3.63, 3.8) is 0 Å². The Morgan fingerprint density at radius 1 is 1.31 bits per heavy atom. The molecule has 4 heteroatoms. The van der Waals surface area contributed by atoms with E-state index in [2.05, 4.69) is 0 Å². The fraction of sp³-hybridized carbons (Fsp3) is 0.500. The Morgan fingerprint density at radius 2 is 2.00 bits per heavy atom. The van der Waals surface area contributed by atoms with Gasteiger partial charge in [0.15, 0.2) is 0 Å². The second kappa shape index (κ2) is 4.78. The highest BCUT2D eigenvalue weighted by molar-refractivity contribution is 5.36. The molecule has 1 fully saturated rings. The van der Waals surface area contributed by atoms with E-state index < -0.39 is 13.0 Å². The first-order valence-corrected chi connectivity index (χ1v) is 5.44. The maximum Gasteiger partial charge on any atom is 0.272 e. The van der Waals surface area contributed by atoms with Crippen LogP contribution < -0.4 is 10.5 Å². The molecule has 1 atom stereocenters. The molecule has 0 bridgehead atoms. The van der Waals surface area contributed by atoms with Crippen LogP contribution in [0.25, 0.3) is 0 Å². The molecular formula is C12H15F2NO. The van der Waals surface area contributed by atoms with Gasteiger partial charge in [-0.25, -0.2) is 8.78 Å². The lowest BCUT2D eigenvalue weighted by Crippen LogP contribution is -2.15. The van der Waals surface area contributed by atoms with Gasteiger partial charge in [0.2, 0.25) is 0 Å². The molecule has 1 aromatic rings. The van der Waals surface area contributed by atoms with Crippen molar-refractivity contribution < 1.29 is 13.5 Å². The molecule has 0 radical (unpaired) electrons. The molecular weight excluding hydrogens is 212 g/mol. The standard InChI is InChI=1S/C12H15F2NO/c13-11(14)7-16-10-4-2-1-3-9(10)12(15)8-5-6-8/h1-4,8,11-12H,5-7,15H2. The summed E-state index contributed by atoms with van der Waals surface area (Å²) in [7, 11) is 0. The number of hydrogen-bond acceptors (Lipinski definition) is 2. The zero-order chi connectivity index (χ0) is 11.5. The van der Waals surface area contributed by atoms with Crippen LogP contribution in [0.2, 0.25) is 0 Å². The number of benzene rings is 1. The Kier molecular flexibility index (Phi) is 3.39. The Morgan fingerprint density at radius 3 is 2.62 bits per heavy atom. The quantitative estimate of drug-likeness (QED) is 0.839. The topological polar surface area (TPSA) is 35.2 Å². The lowest BCUT2D eigenvalue weighted by molar-refractivity contribution is 0.0811. The Balaban J connectivity index is 2.09. The number of nitrogens with two attached hydrogens (primary N) is 1. The van der Waals surface area contributed by atoms with Crippen LogP contribution in [0.5, 0.6) is 5.75 Å². The minimum Gasteiger partial charge on any atom is -0.487 e. The number of hydrogen-bond donors (Lipinski definition) is 1. The average molecular weight is 227 g/mol. The van der Waals surface area contributed by atoms with E-state index in [-0.39, 0.29) is 6.04 Å². The van der Waals surface area contributed by atoms with Gasteiger partial charge >= 0.3 is 0 Å². The average Bonchev–Trinajstić information content (AvgIpc) is 3.09. The van der Waals surface area contributed by atoms with Gasteiger partial charge in [-0.1, -0.05) is 18.2 Å². The van der Waals surface area contributed by atoms with Crippen molar-refractivity contribution in [1.29, 1.82) is 0 Å². The van der Waals surface area contributed by atoms with Crippen LogP contribution >= 0.6 is 0 Å². The number of ether oxygens (including phenoxy) is 1. The summed E-state index contributed by atoms with van der Waals surface area (Å²) in [6.07, 6.45) is -0.223. The van der Waals surface area contributed by atoms with E-state index in [9.17, 15) is 8.78 Å². The molecule has 1 unspecified atom stereocenters. The minimum absolute atomic E-state index is 0.0890. The van der Waals surface area contributed by atoms with Crippen LogP contribution in [-0.4, -0.2) is 13.0 Å². The van der Waals surface area contributed by atoms with Crippen molar-refractivity contribution in [3.05, 3.63) is 29.8 Å². The molecule has 1 saturated carbocycles. The van der Waals surface area contributed by atoms with Crippen molar-refractivity contribution in [1.82, 2.24) is 0 Å². The molecule has 16 heavy (non-hydrogen) atoms. The van der Waals surface area contributed by atoms with E-state index in [1.54, 1.807) is 12.1 Å². The number of para-hydroxylation sites is 1. The Bertz CT molecular complexity index is 353. The van der Waals surface area contributed by atoms with Gasteiger partial charge in [0.05, 0.1) is 0 Å². The predicted octanol–water partition coefficient (Wildman–Crippen LogP) is 2.74. The molecule has 88 valence electrons. The van der Waals surface area contributed by atoms with Crippen LogP contribution in [0.15, 0.2) is 24.3 Å². The second-order valence-corrected chi connectivity index (χ2v) is 4.10. The zero-order valence-corrected chi connectivity index (χ0v) is 8.90. The zero-order valence-electron chi connectivity index (χ0n) is 8.90. The van der Waals surface area contributed by atoms with E-state index in [4.69, 9.17) is 10.5 Å². The Labute approximate surface area is 93.4 Å². The van der Waals surface area contributed by atoms with Gasteiger partial charge in [0.25, 0.3) is 6.43 Å². The largest absolute Gasteiger partial charge is 0.487 e. The molecule has 1 aromatic carbocycles. The summed E-state index contributed by atoms with van der Waals surface area (Å²) < 4.78 is 29.2. The fourth-order valence-corrected chi connectivity index (χ4v) is 1.75. The molecule has 2 N–H and O–H groups in total. The van der Waals surface area contributed by atoms with E-state index in [0.29, 0.717) is 11.7 Å². The summed E-state index contributed by atoms with van der Waals surface area (Å²) in [6.45, 7) is -0.575. The van der Waals surface area contributed by atoms with Crippen LogP contribution in [0.1, 0.15) is 24.4 Å². The minimum atomic E-state index is -2.45. The lowest BCUT2D eigenvalue weighted by atomic mass is 10.0. The van der Waals surface area contributed by atoms with Crippen molar-refractivity contribution in [2.75, 3.05) is 6.61 Å². The smallest absolute Gasteiger partial charge is 0.272 e. The van der Waals surface area contributed by atoms with Crippen LogP contribution in [-0.2, 0) is 0 Å². The summed E-state index contributed by atoms with van der Waals surface area (Å²) in [5, 5.41) is 0. The van der Waals surface area contributed by atoms with Crippen molar-refractivity contribution >= 4 is 0 Å². The van der Waals surface area contributed by atoms with E-state index in [0.717, 1.165) is 18.4 Å². The van der Waals surface area contributed by atoms with Gasteiger partial charge in [0, 0.05) is 11.6 Å². The summed E-state index contributed by atoms with van der Waals surface area (Å²) in [5.41, 5.74) is 6.88. The third kappa shape index (κ3) is 2.70. The highest BCUT2D eigenvalue weighted by Gasteiger charge is 2.31. The molecule has 0 amide bonds. The maximum atomic E-state index is 12.1. The third-order valence-corrected chi connectivity index (χ3v) is 2.77. The first-order chi connectivity index (χ1) is 7.68. The molecule has 1 aliphatic rings. The van der Waals surface area contributed by atoms with Crippen LogP contribution in [0, 0.1) is 5.92 Å². The summed E-state index contributed by atoms with van der Waals surface area (Å²) in [4.78, 5) is 0. The van der Waals surface area contributed by atoms with Gasteiger partial charge in [-0.05, 0) is 24.8 Å². The third-order valence-electron chi connectivity index (χ3n) is 2.77.